The van der Waals surface area contributed by atoms with Crippen molar-refractivity contribution in [1.29, 1.82) is 0 Å². The van der Waals surface area contributed by atoms with E-state index in [1.165, 1.54) is 0 Å². The van der Waals surface area contributed by atoms with E-state index in [1.807, 2.05) is 43.3 Å². The molecule has 0 aliphatic rings. The van der Waals surface area contributed by atoms with Gasteiger partial charge in [0.15, 0.2) is 11.5 Å². The van der Waals surface area contributed by atoms with Gasteiger partial charge in [0.1, 0.15) is 19.7 Å². The molecule has 0 fully saturated rings. The quantitative estimate of drug-likeness (QED) is 0.229. The van der Waals surface area contributed by atoms with Crippen LogP contribution in [-0.4, -0.2) is 46.6 Å². The van der Waals surface area contributed by atoms with E-state index in [2.05, 4.69) is 28.9 Å². The summed E-state index contributed by atoms with van der Waals surface area (Å²) in [5.74, 6) is 1.34. The molecule has 0 saturated heterocycles. The van der Waals surface area contributed by atoms with E-state index < -0.39 is 0 Å². The molecule has 2 aromatic carbocycles. The largest absolute Gasteiger partial charge is 0.493 e. The second-order valence-corrected chi connectivity index (χ2v) is 9.14. The average molecular weight is 523 g/mol. The van der Waals surface area contributed by atoms with Crippen molar-refractivity contribution in [1.82, 2.24) is 0 Å². The molecule has 0 heterocycles. The molecule has 0 saturated carbocycles. The van der Waals surface area contributed by atoms with Crippen molar-refractivity contribution in [2.24, 2.45) is 11.8 Å². The van der Waals surface area contributed by atoms with Crippen LogP contribution in [0.5, 0.6) is 11.5 Å². The second kappa shape index (κ2) is 14.4. The fourth-order valence-electron chi connectivity index (χ4n) is 3.89. The second-order valence-electron chi connectivity index (χ2n) is 8.22. The van der Waals surface area contributed by atoms with Gasteiger partial charge in [0.25, 0.3) is 0 Å². The molecule has 182 valence electrons. The number of benzene rings is 2. The summed E-state index contributed by atoms with van der Waals surface area (Å²) in [5.41, 5.74) is 2.12. The number of methoxy groups -OCH3 is 3. The van der Waals surface area contributed by atoms with Gasteiger partial charge in [-0.05, 0) is 42.0 Å². The van der Waals surface area contributed by atoms with Crippen LogP contribution in [0.4, 0.5) is 0 Å². The van der Waals surface area contributed by atoms with E-state index in [4.69, 9.17) is 23.7 Å². The monoisotopic (exact) mass is 522 g/mol. The van der Waals surface area contributed by atoms with Crippen LogP contribution in [0, 0.1) is 11.8 Å². The molecule has 0 bridgehead atoms. The molecule has 6 nitrogen and oxygen atoms in total. The van der Waals surface area contributed by atoms with Crippen molar-refractivity contribution in [3.8, 4) is 11.5 Å². The number of halogens is 1. The first kappa shape index (κ1) is 27.3. The van der Waals surface area contributed by atoms with Gasteiger partial charge < -0.3 is 28.5 Å². The van der Waals surface area contributed by atoms with Gasteiger partial charge in [0.2, 0.25) is 0 Å². The van der Waals surface area contributed by atoms with Gasteiger partial charge in [-0.15, -0.1) is 0 Å². The Morgan fingerprint density at radius 2 is 1.79 bits per heavy atom. The Morgan fingerprint density at radius 3 is 2.39 bits per heavy atom. The summed E-state index contributed by atoms with van der Waals surface area (Å²) in [5, 5.41) is 0. The molecule has 2 aromatic rings. The molecule has 0 unspecified atom stereocenters. The van der Waals surface area contributed by atoms with E-state index in [-0.39, 0.29) is 30.8 Å². The summed E-state index contributed by atoms with van der Waals surface area (Å²) in [7, 11) is 4.86. The molecule has 0 amide bonds. The maximum absolute atomic E-state index is 11.4. The van der Waals surface area contributed by atoms with E-state index in [0.717, 1.165) is 34.1 Å². The van der Waals surface area contributed by atoms with Crippen LogP contribution in [0.25, 0.3) is 0 Å². The molecule has 0 aliphatic heterocycles. The number of hydrogen-bond donors (Lipinski definition) is 0. The lowest BCUT2D eigenvalue weighted by Gasteiger charge is -2.30. The molecular formula is C26H35BrO6. The standard InChI is InChI=1S/C26H35BrO6/c1-18(12-23(30-4)25(19(2)15-28)33-17-29-3)11-21-13-22(27)14-24(26(21)31-5)32-16-20-9-7-6-8-10-20/h6-10,13-15,18-19,23,25H,11-12,16-17H2,1-5H3/t18-,19+,23+,25-/m1/s1. The highest BCUT2D eigenvalue weighted by Crippen LogP contribution is 2.37. The lowest BCUT2D eigenvalue weighted by atomic mass is 9.89. The first-order valence-electron chi connectivity index (χ1n) is 11.0. The molecular weight excluding hydrogens is 488 g/mol. The minimum atomic E-state index is -0.385. The predicted octanol–water partition coefficient (Wildman–Crippen LogP) is 5.44. The summed E-state index contributed by atoms with van der Waals surface area (Å²) in [6.45, 7) is 4.54. The smallest absolute Gasteiger partial charge is 0.164 e. The number of aldehydes is 1. The van der Waals surface area contributed by atoms with Gasteiger partial charge in [-0.2, -0.15) is 0 Å². The average Bonchev–Trinajstić information content (AvgIpc) is 2.82. The molecule has 0 aliphatic carbocycles. The Bertz CT molecular complexity index is 844. The van der Waals surface area contributed by atoms with Crippen molar-refractivity contribution >= 4 is 22.2 Å². The van der Waals surface area contributed by atoms with Crippen molar-refractivity contribution in [2.75, 3.05) is 28.1 Å². The zero-order chi connectivity index (χ0) is 24.2. The van der Waals surface area contributed by atoms with Crippen molar-refractivity contribution < 1.29 is 28.5 Å². The molecule has 0 aromatic heterocycles. The van der Waals surface area contributed by atoms with Crippen LogP contribution in [0.3, 0.4) is 0 Å². The Labute approximate surface area is 205 Å². The van der Waals surface area contributed by atoms with Gasteiger partial charge in [-0.3, -0.25) is 0 Å². The molecule has 7 heteroatoms. The lowest BCUT2D eigenvalue weighted by molar-refractivity contribution is -0.148. The highest BCUT2D eigenvalue weighted by atomic mass is 79.9. The topological polar surface area (TPSA) is 63.2 Å². The number of ether oxygens (including phenoxy) is 5. The van der Waals surface area contributed by atoms with Crippen molar-refractivity contribution in [3.63, 3.8) is 0 Å². The zero-order valence-electron chi connectivity index (χ0n) is 20.1. The third-order valence-electron chi connectivity index (χ3n) is 5.52. The SMILES string of the molecule is COCO[C@@H]([C@H](C[C@H](C)Cc1cc(Br)cc(OCc2ccccc2)c1OC)OC)[C@@H](C)C=O. The molecule has 2 rings (SSSR count). The van der Waals surface area contributed by atoms with Gasteiger partial charge in [0.05, 0.1) is 19.3 Å². The van der Waals surface area contributed by atoms with Crippen LogP contribution in [0.2, 0.25) is 0 Å². The van der Waals surface area contributed by atoms with E-state index in [0.29, 0.717) is 18.8 Å². The first-order valence-corrected chi connectivity index (χ1v) is 11.8. The third-order valence-corrected chi connectivity index (χ3v) is 5.98. The third kappa shape index (κ3) is 8.41. The molecule has 4 atom stereocenters. The lowest BCUT2D eigenvalue weighted by Crippen LogP contribution is -2.38. The number of carbonyl (C=O) groups is 1. The van der Waals surface area contributed by atoms with Crippen molar-refractivity contribution in [3.05, 3.63) is 58.1 Å². The fraction of sp³-hybridized carbons (Fsp3) is 0.500. The Kier molecular flexibility index (Phi) is 11.9. The van der Waals surface area contributed by atoms with Gasteiger partial charge in [0, 0.05) is 24.6 Å². The van der Waals surface area contributed by atoms with E-state index >= 15 is 0 Å². The van der Waals surface area contributed by atoms with Crippen LogP contribution in [-0.2, 0) is 32.0 Å². The maximum Gasteiger partial charge on any atom is 0.164 e. The predicted molar refractivity (Wildman–Crippen MR) is 132 cm³/mol. The summed E-state index contributed by atoms with van der Waals surface area (Å²) in [4.78, 5) is 11.4. The number of rotatable bonds is 15. The maximum atomic E-state index is 11.4. The molecule has 0 N–H and O–H groups in total. The number of hydrogen-bond acceptors (Lipinski definition) is 6. The normalized spacial score (nSPS) is 14.8. The fourth-order valence-corrected chi connectivity index (χ4v) is 4.37. The van der Waals surface area contributed by atoms with Crippen LogP contribution >= 0.6 is 15.9 Å². The van der Waals surface area contributed by atoms with Crippen LogP contribution in [0.15, 0.2) is 46.9 Å². The summed E-state index contributed by atoms with van der Waals surface area (Å²) in [6.07, 6.45) is 1.71. The summed E-state index contributed by atoms with van der Waals surface area (Å²) < 4.78 is 29.3. The Morgan fingerprint density at radius 1 is 1.06 bits per heavy atom. The summed E-state index contributed by atoms with van der Waals surface area (Å²) >= 11 is 3.60. The molecule has 33 heavy (non-hydrogen) atoms. The van der Waals surface area contributed by atoms with Gasteiger partial charge in [-0.1, -0.05) is 60.1 Å². The van der Waals surface area contributed by atoms with Crippen LogP contribution < -0.4 is 9.47 Å². The summed E-state index contributed by atoms with van der Waals surface area (Å²) in [6, 6.07) is 14.0. The zero-order valence-corrected chi connectivity index (χ0v) is 21.7. The minimum absolute atomic E-state index is 0.110. The number of carbonyl (C=O) groups excluding carboxylic acids is 1. The van der Waals surface area contributed by atoms with Gasteiger partial charge >= 0.3 is 0 Å². The first-order chi connectivity index (χ1) is 15.9. The van der Waals surface area contributed by atoms with E-state index in [1.54, 1.807) is 21.3 Å². The van der Waals surface area contributed by atoms with E-state index in [9.17, 15) is 4.79 Å². The highest BCUT2D eigenvalue weighted by Gasteiger charge is 2.29. The Balaban J connectivity index is 2.15. The molecule has 0 spiro atoms. The van der Waals surface area contributed by atoms with Crippen LogP contribution in [0.1, 0.15) is 31.4 Å². The van der Waals surface area contributed by atoms with Crippen molar-refractivity contribution in [2.45, 2.75) is 45.5 Å². The Hall–Kier alpha value is -1.93. The highest BCUT2D eigenvalue weighted by molar-refractivity contribution is 9.10. The minimum Gasteiger partial charge on any atom is -0.493 e. The van der Waals surface area contributed by atoms with Gasteiger partial charge in [-0.25, -0.2) is 0 Å². The molecule has 0 radical (unpaired) electrons.